The van der Waals surface area contributed by atoms with Crippen LogP contribution in [0.5, 0.6) is 0 Å². The van der Waals surface area contributed by atoms with Gasteiger partial charge < -0.3 is 9.84 Å². The Kier molecular flexibility index (Phi) is 4.84. The van der Waals surface area contributed by atoms with E-state index in [1.54, 1.807) is 4.68 Å². The van der Waals surface area contributed by atoms with Gasteiger partial charge in [-0.3, -0.25) is 0 Å². The molecule has 3 rings (SSSR count). The highest BCUT2D eigenvalue weighted by molar-refractivity contribution is 7.99. The van der Waals surface area contributed by atoms with Gasteiger partial charge in [0.15, 0.2) is 0 Å². The molecule has 6 nitrogen and oxygen atoms in total. The van der Waals surface area contributed by atoms with Gasteiger partial charge in [-0.15, -0.1) is 5.10 Å². The number of aliphatic hydroxyl groups excluding tert-OH is 1. The normalized spacial score (nSPS) is 19.8. The Morgan fingerprint density at radius 2 is 2.24 bits per heavy atom. The minimum absolute atomic E-state index is 0.201. The highest BCUT2D eigenvalue weighted by atomic mass is 32.2. The number of aromatic nitrogens is 4. The highest BCUT2D eigenvalue weighted by Gasteiger charge is 2.19. The van der Waals surface area contributed by atoms with Crippen LogP contribution >= 0.6 is 11.8 Å². The van der Waals surface area contributed by atoms with E-state index in [1.807, 2.05) is 30.3 Å². The summed E-state index contributed by atoms with van der Waals surface area (Å²) in [7, 11) is 0. The lowest BCUT2D eigenvalue weighted by molar-refractivity contribution is 0.0911. The summed E-state index contributed by atoms with van der Waals surface area (Å²) in [5, 5.41) is 22.6. The third-order valence-electron chi connectivity index (χ3n) is 3.45. The van der Waals surface area contributed by atoms with E-state index in [1.165, 1.54) is 11.8 Å². The molecule has 0 radical (unpaired) electrons. The van der Waals surface area contributed by atoms with Gasteiger partial charge >= 0.3 is 0 Å². The lowest BCUT2D eigenvalue weighted by Gasteiger charge is -2.12. The van der Waals surface area contributed by atoms with E-state index in [2.05, 4.69) is 15.5 Å². The number of aliphatic hydroxyl groups is 1. The van der Waals surface area contributed by atoms with E-state index in [0.29, 0.717) is 12.3 Å². The molecule has 2 aromatic rings. The summed E-state index contributed by atoms with van der Waals surface area (Å²) < 4.78 is 7.36. The first-order valence-corrected chi connectivity index (χ1v) is 8.05. The second-order valence-electron chi connectivity index (χ2n) is 5.02. The minimum Gasteiger partial charge on any atom is -0.388 e. The predicted octanol–water partition coefficient (Wildman–Crippen LogP) is 1.68. The molecule has 1 aliphatic rings. The molecule has 2 heterocycles. The lowest BCUT2D eigenvalue weighted by atomic mass is 10.1. The van der Waals surface area contributed by atoms with Crippen molar-refractivity contribution in [1.82, 2.24) is 20.2 Å². The Morgan fingerprint density at radius 1 is 1.38 bits per heavy atom. The van der Waals surface area contributed by atoms with Crippen molar-refractivity contribution in [3.05, 3.63) is 35.9 Å². The predicted molar refractivity (Wildman–Crippen MR) is 78.9 cm³/mol. The molecular weight excluding hydrogens is 288 g/mol. The van der Waals surface area contributed by atoms with E-state index in [4.69, 9.17) is 4.74 Å². The molecule has 0 saturated carbocycles. The minimum atomic E-state index is -0.524. The number of hydrogen-bond acceptors (Lipinski definition) is 6. The quantitative estimate of drug-likeness (QED) is 0.819. The van der Waals surface area contributed by atoms with Crippen LogP contribution in [0.25, 0.3) is 0 Å². The Labute approximate surface area is 127 Å². The lowest BCUT2D eigenvalue weighted by Crippen LogP contribution is -2.17. The number of tetrazole rings is 1. The maximum Gasteiger partial charge on any atom is 0.209 e. The van der Waals surface area contributed by atoms with Gasteiger partial charge in [-0.05, 0) is 28.8 Å². The van der Waals surface area contributed by atoms with Crippen LogP contribution < -0.4 is 0 Å². The van der Waals surface area contributed by atoms with Crippen LogP contribution in [0, 0.1) is 0 Å². The fourth-order valence-corrected chi connectivity index (χ4v) is 3.17. The smallest absolute Gasteiger partial charge is 0.209 e. The molecule has 1 aromatic carbocycles. The summed E-state index contributed by atoms with van der Waals surface area (Å²) in [4.78, 5) is 0. The largest absolute Gasteiger partial charge is 0.388 e. The summed E-state index contributed by atoms with van der Waals surface area (Å²) in [5.41, 5.74) is 0.906. The molecule has 1 N–H and O–H groups in total. The first kappa shape index (κ1) is 14.5. The number of rotatable bonds is 6. The third-order valence-corrected chi connectivity index (χ3v) is 4.49. The standard InChI is InChI=1S/C14H18N4O2S/c19-13(11-5-2-1-3-6-11)10-21-14-15-16-17-18(14)9-12-7-4-8-20-12/h1-3,5-6,12-13,19H,4,7-10H2. The molecule has 0 spiro atoms. The van der Waals surface area contributed by atoms with E-state index in [-0.39, 0.29) is 6.10 Å². The average molecular weight is 306 g/mol. The van der Waals surface area contributed by atoms with Gasteiger partial charge in [-0.2, -0.15) is 0 Å². The number of benzene rings is 1. The van der Waals surface area contributed by atoms with Gasteiger partial charge in [0, 0.05) is 12.4 Å². The van der Waals surface area contributed by atoms with Gasteiger partial charge in [0.25, 0.3) is 0 Å². The van der Waals surface area contributed by atoms with Crippen LogP contribution in [0.15, 0.2) is 35.5 Å². The van der Waals surface area contributed by atoms with Gasteiger partial charge in [0.2, 0.25) is 5.16 Å². The molecule has 2 atom stereocenters. The Balaban J connectivity index is 1.57. The monoisotopic (exact) mass is 306 g/mol. The van der Waals surface area contributed by atoms with Crippen molar-refractivity contribution in [2.75, 3.05) is 12.4 Å². The molecule has 1 aliphatic heterocycles. The SMILES string of the molecule is OC(CSc1nnnn1CC1CCCO1)c1ccccc1. The van der Waals surface area contributed by atoms with Crippen molar-refractivity contribution >= 4 is 11.8 Å². The zero-order chi connectivity index (χ0) is 14.5. The molecule has 7 heteroatoms. The average Bonchev–Trinajstić information content (AvgIpc) is 3.18. The maximum absolute atomic E-state index is 10.2. The van der Waals surface area contributed by atoms with Crippen molar-refractivity contribution in [3.8, 4) is 0 Å². The summed E-state index contributed by atoms with van der Waals surface area (Å²) in [6, 6.07) is 9.61. The summed E-state index contributed by atoms with van der Waals surface area (Å²) >= 11 is 1.46. The zero-order valence-corrected chi connectivity index (χ0v) is 12.4. The first-order chi connectivity index (χ1) is 10.3. The summed E-state index contributed by atoms with van der Waals surface area (Å²) in [6.07, 6.45) is 1.83. The Morgan fingerprint density at radius 3 is 3.00 bits per heavy atom. The van der Waals surface area contributed by atoms with E-state index < -0.39 is 6.10 Å². The van der Waals surface area contributed by atoms with Crippen molar-refractivity contribution in [2.45, 2.75) is 36.8 Å². The molecule has 0 aliphatic carbocycles. The van der Waals surface area contributed by atoms with Crippen LogP contribution in [0.1, 0.15) is 24.5 Å². The summed E-state index contributed by atoms with van der Waals surface area (Å²) in [6.45, 7) is 1.50. The molecule has 21 heavy (non-hydrogen) atoms. The molecular formula is C14H18N4O2S. The summed E-state index contributed by atoms with van der Waals surface area (Å²) in [5.74, 6) is 0.524. The number of ether oxygens (including phenoxy) is 1. The van der Waals surface area contributed by atoms with E-state index in [0.717, 1.165) is 30.2 Å². The topological polar surface area (TPSA) is 73.1 Å². The van der Waals surface area contributed by atoms with Crippen molar-refractivity contribution in [1.29, 1.82) is 0 Å². The molecule has 1 saturated heterocycles. The number of hydrogen-bond donors (Lipinski definition) is 1. The van der Waals surface area contributed by atoms with Crippen molar-refractivity contribution in [2.24, 2.45) is 0 Å². The zero-order valence-electron chi connectivity index (χ0n) is 11.6. The number of nitrogens with zero attached hydrogens (tertiary/aromatic N) is 4. The van der Waals surface area contributed by atoms with Gasteiger partial charge in [0.1, 0.15) is 0 Å². The Hall–Kier alpha value is -1.44. The Bertz CT molecular complexity index is 557. The van der Waals surface area contributed by atoms with E-state index in [9.17, 15) is 5.11 Å². The van der Waals surface area contributed by atoms with Crippen molar-refractivity contribution in [3.63, 3.8) is 0 Å². The third kappa shape index (κ3) is 3.81. The second-order valence-corrected chi connectivity index (χ2v) is 6.00. The van der Waals surface area contributed by atoms with E-state index >= 15 is 0 Å². The molecule has 0 bridgehead atoms. The van der Waals surface area contributed by atoms with Crippen LogP contribution in [0.4, 0.5) is 0 Å². The highest BCUT2D eigenvalue weighted by Crippen LogP contribution is 2.23. The molecule has 2 unspecified atom stereocenters. The van der Waals surface area contributed by atoms with Gasteiger partial charge in [-0.1, -0.05) is 42.1 Å². The van der Waals surface area contributed by atoms with Crippen LogP contribution in [-0.4, -0.2) is 43.8 Å². The molecule has 1 fully saturated rings. The maximum atomic E-state index is 10.2. The second kappa shape index (κ2) is 7.02. The molecule has 1 aromatic heterocycles. The van der Waals surface area contributed by atoms with Gasteiger partial charge in [0.05, 0.1) is 18.8 Å². The fourth-order valence-electron chi connectivity index (χ4n) is 2.32. The van der Waals surface area contributed by atoms with Gasteiger partial charge in [-0.25, -0.2) is 4.68 Å². The molecule has 0 amide bonds. The first-order valence-electron chi connectivity index (χ1n) is 7.06. The van der Waals surface area contributed by atoms with Crippen LogP contribution in [-0.2, 0) is 11.3 Å². The van der Waals surface area contributed by atoms with Crippen LogP contribution in [0.3, 0.4) is 0 Å². The number of thioether (sulfide) groups is 1. The van der Waals surface area contributed by atoms with Crippen molar-refractivity contribution < 1.29 is 9.84 Å². The fraction of sp³-hybridized carbons (Fsp3) is 0.500. The van der Waals surface area contributed by atoms with Crippen LogP contribution in [0.2, 0.25) is 0 Å². The molecule has 112 valence electrons.